The van der Waals surface area contributed by atoms with Gasteiger partial charge < -0.3 is 9.47 Å². The molecule has 0 aliphatic rings. The van der Waals surface area contributed by atoms with Gasteiger partial charge in [-0.05, 0) is 51.1 Å². The van der Waals surface area contributed by atoms with E-state index in [0.717, 1.165) is 17.3 Å². The van der Waals surface area contributed by atoms with Crippen LogP contribution in [0.2, 0.25) is 0 Å². The maximum atomic E-state index is 12.1. The zero-order chi connectivity index (χ0) is 21.3. The van der Waals surface area contributed by atoms with Gasteiger partial charge in [0.15, 0.2) is 10.3 Å². The molecule has 1 aromatic carbocycles. The summed E-state index contributed by atoms with van der Waals surface area (Å²) in [6, 6.07) is 9.47. The highest BCUT2D eigenvalue weighted by molar-refractivity contribution is 8.00. The molecule has 10 heteroatoms. The number of benzene rings is 1. The van der Waals surface area contributed by atoms with Gasteiger partial charge in [-0.2, -0.15) is 0 Å². The van der Waals surface area contributed by atoms with Gasteiger partial charge in [-0.1, -0.05) is 23.5 Å². The molecule has 30 heavy (non-hydrogen) atoms. The molecule has 0 bridgehead atoms. The predicted octanol–water partition coefficient (Wildman–Crippen LogP) is 3.79. The van der Waals surface area contributed by atoms with Crippen molar-refractivity contribution < 1.29 is 14.3 Å². The van der Waals surface area contributed by atoms with E-state index in [-0.39, 0.29) is 5.97 Å². The Labute approximate surface area is 183 Å². The second kappa shape index (κ2) is 11.0. The van der Waals surface area contributed by atoms with E-state index in [1.54, 1.807) is 32.3 Å². The molecule has 3 rings (SSSR count). The van der Waals surface area contributed by atoms with Crippen LogP contribution >= 0.6 is 23.5 Å². The summed E-state index contributed by atoms with van der Waals surface area (Å²) in [4.78, 5) is 20.6. The lowest BCUT2D eigenvalue weighted by Crippen LogP contribution is -2.17. The molecule has 0 radical (unpaired) electrons. The summed E-state index contributed by atoms with van der Waals surface area (Å²) in [7, 11) is 0. The van der Waals surface area contributed by atoms with Gasteiger partial charge in [0, 0.05) is 18.1 Å². The summed E-state index contributed by atoms with van der Waals surface area (Å²) < 4.78 is 12.6. The number of nitrogens with zero attached hydrogens (tertiary/aromatic N) is 5. The predicted molar refractivity (Wildman–Crippen MR) is 116 cm³/mol. The van der Waals surface area contributed by atoms with Crippen molar-refractivity contribution in [3.8, 4) is 11.4 Å². The molecular weight excluding hydrogens is 422 g/mol. The highest BCUT2D eigenvalue weighted by Crippen LogP contribution is 2.29. The lowest BCUT2D eigenvalue weighted by atomic mass is 10.3. The van der Waals surface area contributed by atoms with Crippen molar-refractivity contribution in [2.24, 2.45) is 0 Å². The summed E-state index contributed by atoms with van der Waals surface area (Å²) in [5.41, 5.74) is 0.881. The lowest BCUT2D eigenvalue weighted by Gasteiger charge is -2.13. The van der Waals surface area contributed by atoms with Crippen LogP contribution in [0.3, 0.4) is 0 Å². The molecular formula is C20H23N5O3S2. The molecule has 0 amide bonds. The minimum absolute atomic E-state index is 0.280. The maximum absolute atomic E-state index is 12.1. The van der Waals surface area contributed by atoms with Gasteiger partial charge in [0.25, 0.3) is 0 Å². The Kier molecular flexibility index (Phi) is 8.09. The number of rotatable bonds is 10. The molecule has 1 unspecified atom stereocenters. The van der Waals surface area contributed by atoms with Gasteiger partial charge in [0.05, 0.1) is 19.0 Å². The Bertz CT molecular complexity index is 951. The first-order chi connectivity index (χ1) is 14.6. The average Bonchev–Trinajstić information content (AvgIpc) is 3.16. The van der Waals surface area contributed by atoms with E-state index in [0.29, 0.717) is 29.3 Å². The number of carbonyl (C=O) groups excluding carboxylic acids is 1. The third-order valence-corrected chi connectivity index (χ3v) is 5.77. The quantitative estimate of drug-likeness (QED) is 0.262. The lowest BCUT2D eigenvalue weighted by molar-refractivity contribution is -0.142. The van der Waals surface area contributed by atoms with E-state index in [1.165, 1.54) is 23.5 Å². The molecule has 3 aromatic rings. The molecule has 2 aromatic heterocycles. The fraction of sp³-hybridized carbons (Fsp3) is 0.350. The van der Waals surface area contributed by atoms with Crippen molar-refractivity contribution >= 4 is 29.5 Å². The summed E-state index contributed by atoms with van der Waals surface area (Å²) in [6.45, 7) is 6.47. The minimum Gasteiger partial charge on any atom is -0.494 e. The third-order valence-electron chi connectivity index (χ3n) is 3.88. The van der Waals surface area contributed by atoms with Gasteiger partial charge >= 0.3 is 5.97 Å². The monoisotopic (exact) mass is 445 g/mol. The van der Waals surface area contributed by atoms with Crippen LogP contribution in [0.1, 0.15) is 26.6 Å². The van der Waals surface area contributed by atoms with Crippen LogP contribution in [0.4, 0.5) is 0 Å². The molecule has 1 atom stereocenters. The van der Waals surface area contributed by atoms with Crippen LogP contribution in [0, 0.1) is 0 Å². The summed E-state index contributed by atoms with van der Waals surface area (Å²) in [5, 5.41) is 9.55. The van der Waals surface area contributed by atoms with Crippen molar-refractivity contribution in [2.45, 2.75) is 42.1 Å². The fourth-order valence-corrected chi connectivity index (χ4v) is 4.14. The fourth-order valence-electron chi connectivity index (χ4n) is 2.54. The molecule has 2 heterocycles. The van der Waals surface area contributed by atoms with Crippen molar-refractivity contribution in [3.63, 3.8) is 0 Å². The normalized spacial score (nSPS) is 11.8. The Morgan fingerprint density at radius 3 is 2.50 bits per heavy atom. The number of aromatic nitrogens is 5. The molecule has 0 fully saturated rings. The minimum atomic E-state index is -0.409. The van der Waals surface area contributed by atoms with Crippen molar-refractivity contribution in [3.05, 3.63) is 48.5 Å². The molecule has 0 saturated carbocycles. The van der Waals surface area contributed by atoms with E-state index in [4.69, 9.17) is 9.47 Å². The second-order valence-electron chi connectivity index (χ2n) is 5.99. The van der Waals surface area contributed by atoms with E-state index in [1.807, 2.05) is 35.8 Å². The van der Waals surface area contributed by atoms with Gasteiger partial charge in [-0.15, -0.1) is 10.2 Å². The topological polar surface area (TPSA) is 92.0 Å². The number of ether oxygens (including phenoxy) is 2. The van der Waals surface area contributed by atoms with Gasteiger partial charge in [0.1, 0.15) is 16.8 Å². The average molecular weight is 446 g/mol. The van der Waals surface area contributed by atoms with Crippen LogP contribution in [-0.2, 0) is 15.3 Å². The largest absolute Gasteiger partial charge is 0.494 e. The van der Waals surface area contributed by atoms with Crippen molar-refractivity contribution in [2.75, 3.05) is 13.2 Å². The first kappa shape index (κ1) is 22.1. The molecule has 0 saturated heterocycles. The van der Waals surface area contributed by atoms with E-state index in [2.05, 4.69) is 20.2 Å². The number of esters is 1. The van der Waals surface area contributed by atoms with E-state index >= 15 is 0 Å². The Morgan fingerprint density at radius 2 is 1.83 bits per heavy atom. The van der Waals surface area contributed by atoms with Gasteiger partial charge in [-0.3, -0.25) is 9.36 Å². The first-order valence-corrected chi connectivity index (χ1v) is 11.4. The van der Waals surface area contributed by atoms with Gasteiger partial charge in [-0.25, -0.2) is 9.97 Å². The second-order valence-corrected chi connectivity index (χ2v) is 8.24. The standard InChI is InChI=1S/C20H23N5O3S2/c1-4-27-16-9-7-15(8-10-16)25-17(13-29-19-21-11-6-12-22-19)23-24-20(25)30-14(3)18(26)28-5-2/h6-12,14H,4-5,13H2,1-3H3. The van der Waals surface area contributed by atoms with Crippen LogP contribution in [0.5, 0.6) is 5.75 Å². The van der Waals surface area contributed by atoms with Crippen LogP contribution in [0.15, 0.2) is 53.0 Å². The number of carbonyl (C=O) groups is 1. The highest BCUT2D eigenvalue weighted by atomic mass is 32.2. The summed E-state index contributed by atoms with van der Waals surface area (Å²) >= 11 is 2.78. The van der Waals surface area contributed by atoms with Crippen LogP contribution in [0.25, 0.3) is 5.69 Å². The molecule has 8 nitrogen and oxygen atoms in total. The Morgan fingerprint density at radius 1 is 1.10 bits per heavy atom. The van der Waals surface area contributed by atoms with Crippen LogP contribution < -0.4 is 4.74 Å². The smallest absolute Gasteiger partial charge is 0.319 e. The highest BCUT2D eigenvalue weighted by Gasteiger charge is 2.22. The maximum Gasteiger partial charge on any atom is 0.319 e. The SMILES string of the molecule is CCOC(=O)C(C)Sc1nnc(CSc2ncccn2)n1-c1ccc(OCC)cc1. The Balaban J connectivity index is 1.88. The molecule has 0 spiro atoms. The number of thioether (sulfide) groups is 2. The zero-order valence-electron chi connectivity index (χ0n) is 17.0. The number of hydrogen-bond donors (Lipinski definition) is 0. The summed E-state index contributed by atoms with van der Waals surface area (Å²) in [6.07, 6.45) is 3.41. The molecule has 0 aliphatic carbocycles. The molecule has 158 valence electrons. The zero-order valence-corrected chi connectivity index (χ0v) is 18.7. The van der Waals surface area contributed by atoms with E-state index in [9.17, 15) is 4.79 Å². The van der Waals surface area contributed by atoms with E-state index < -0.39 is 5.25 Å². The molecule has 0 aliphatic heterocycles. The number of hydrogen-bond acceptors (Lipinski definition) is 9. The third kappa shape index (κ3) is 5.73. The van der Waals surface area contributed by atoms with Crippen LogP contribution in [-0.4, -0.2) is 49.2 Å². The Hall–Kier alpha value is -2.59. The van der Waals surface area contributed by atoms with Crippen molar-refractivity contribution in [1.29, 1.82) is 0 Å². The van der Waals surface area contributed by atoms with Crippen molar-refractivity contribution in [1.82, 2.24) is 24.7 Å². The molecule has 0 N–H and O–H groups in total. The summed E-state index contributed by atoms with van der Waals surface area (Å²) in [5.74, 6) is 1.77. The first-order valence-electron chi connectivity index (χ1n) is 9.53. The van der Waals surface area contributed by atoms with Gasteiger partial charge in [0.2, 0.25) is 0 Å².